The Labute approximate surface area is 185 Å². The first kappa shape index (κ1) is 24.3. The molecular formula is C22H29F3N4O3. The third-order valence-electron chi connectivity index (χ3n) is 6.52. The molecule has 4 rings (SSSR count). The number of rotatable bonds is 2. The number of halogens is 3. The van der Waals surface area contributed by atoms with Crippen molar-refractivity contribution in [3.05, 3.63) is 29.8 Å². The molecule has 0 saturated carbocycles. The zero-order valence-electron chi connectivity index (χ0n) is 18.1. The van der Waals surface area contributed by atoms with Gasteiger partial charge in [-0.1, -0.05) is 0 Å². The second-order valence-electron chi connectivity index (χ2n) is 8.64. The van der Waals surface area contributed by atoms with Crippen molar-refractivity contribution in [1.82, 2.24) is 9.80 Å². The van der Waals surface area contributed by atoms with E-state index in [2.05, 4.69) is 39.9 Å². The van der Waals surface area contributed by atoms with Crippen LogP contribution in [0.2, 0.25) is 0 Å². The fourth-order valence-electron chi connectivity index (χ4n) is 4.51. The highest BCUT2D eigenvalue weighted by atomic mass is 19.4. The van der Waals surface area contributed by atoms with E-state index in [9.17, 15) is 13.2 Å². The van der Waals surface area contributed by atoms with Gasteiger partial charge < -0.3 is 19.6 Å². The van der Waals surface area contributed by atoms with Crippen LogP contribution in [0, 0.1) is 11.3 Å². The van der Waals surface area contributed by atoms with Crippen LogP contribution in [0.1, 0.15) is 24.8 Å². The number of benzene rings is 1. The second-order valence-corrected chi connectivity index (χ2v) is 8.64. The number of anilines is 1. The van der Waals surface area contributed by atoms with Crippen molar-refractivity contribution in [3.8, 4) is 6.07 Å². The van der Waals surface area contributed by atoms with Crippen molar-refractivity contribution in [2.24, 2.45) is 0 Å². The molecule has 3 heterocycles. The molecule has 0 aliphatic carbocycles. The zero-order valence-corrected chi connectivity index (χ0v) is 18.1. The highest BCUT2D eigenvalue weighted by Crippen LogP contribution is 2.38. The Morgan fingerprint density at radius 2 is 1.69 bits per heavy atom. The highest BCUT2D eigenvalue weighted by Gasteiger charge is 2.44. The summed E-state index contributed by atoms with van der Waals surface area (Å²) in [6.45, 7) is 7.70. The van der Waals surface area contributed by atoms with Gasteiger partial charge in [-0.25, -0.2) is 4.79 Å². The standard InChI is InChI=1S/C20H28N4O.C2HF3O2/c1-22-10-12-24(13-11-22)19-14-20(25-16-19)6-8-23(9-7-20)18-4-2-17(15-21)3-5-18;3-2(4,5)1(6)7/h2-5,19H,6-14,16H2,1H3;(H,6,7). The predicted octanol–water partition coefficient (Wildman–Crippen LogP) is 2.57. The minimum Gasteiger partial charge on any atom is -0.475 e. The van der Waals surface area contributed by atoms with Crippen molar-refractivity contribution in [2.45, 2.75) is 37.1 Å². The number of alkyl halides is 3. The van der Waals surface area contributed by atoms with E-state index < -0.39 is 12.1 Å². The van der Waals surface area contributed by atoms with Crippen LogP contribution in [0.4, 0.5) is 18.9 Å². The predicted molar refractivity (Wildman–Crippen MR) is 112 cm³/mol. The van der Waals surface area contributed by atoms with E-state index >= 15 is 0 Å². The molecule has 1 atom stereocenters. The monoisotopic (exact) mass is 454 g/mol. The zero-order chi connectivity index (χ0) is 23.4. The maximum atomic E-state index is 10.6. The topological polar surface area (TPSA) is 80.0 Å². The first-order valence-electron chi connectivity index (χ1n) is 10.7. The molecule has 1 aromatic carbocycles. The summed E-state index contributed by atoms with van der Waals surface area (Å²) in [6, 6.07) is 10.8. The molecule has 1 spiro atoms. The number of likely N-dealkylation sites (N-methyl/N-ethyl adjacent to an activating group) is 1. The van der Waals surface area contributed by atoms with Crippen molar-refractivity contribution >= 4 is 11.7 Å². The molecule has 32 heavy (non-hydrogen) atoms. The Morgan fingerprint density at radius 1 is 1.12 bits per heavy atom. The maximum absolute atomic E-state index is 10.6. The minimum atomic E-state index is -5.08. The number of carboxylic acid groups (broad SMARTS) is 1. The number of carbonyl (C=O) groups is 1. The molecule has 0 bridgehead atoms. The molecule has 1 N–H and O–H groups in total. The number of piperazine rings is 1. The molecule has 7 nitrogen and oxygen atoms in total. The molecule has 1 unspecified atom stereocenters. The number of carboxylic acids is 1. The van der Waals surface area contributed by atoms with Crippen molar-refractivity contribution < 1.29 is 27.8 Å². The number of nitriles is 1. The summed E-state index contributed by atoms with van der Waals surface area (Å²) < 4.78 is 38.1. The smallest absolute Gasteiger partial charge is 0.475 e. The lowest BCUT2D eigenvalue weighted by atomic mass is 9.86. The van der Waals surface area contributed by atoms with E-state index in [-0.39, 0.29) is 5.60 Å². The van der Waals surface area contributed by atoms with Crippen LogP contribution in [-0.2, 0) is 9.53 Å². The van der Waals surface area contributed by atoms with Gasteiger partial charge in [0.05, 0.1) is 23.8 Å². The van der Waals surface area contributed by atoms with Gasteiger partial charge in [0, 0.05) is 51.0 Å². The van der Waals surface area contributed by atoms with Crippen LogP contribution in [0.3, 0.4) is 0 Å². The summed E-state index contributed by atoms with van der Waals surface area (Å²) in [6.07, 6.45) is -1.67. The van der Waals surface area contributed by atoms with E-state index in [0.717, 1.165) is 38.1 Å². The Hall–Kier alpha value is -2.35. The molecule has 176 valence electrons. The average Bonchev–Trinajstić information content (AvgIpc) is 3.18. The largest absolute Gasteiger partial charge is 0.490 e. The molecule has 3 aliphatic rings. The third-order valence-corrected chi connectivity index (χ3v) is 6.52. The Kier molecular flexibility index (Phi) is 7.64. The van der Waals surface area contributed by atoms with Crippen molar-refractivity contribution in [2.75, 3.05) is 57.8 Å². The summed E-state index contributed by atoms with van der Waals surface area (Å²) in [5.74, 6) is -2.76. The molecule has 1 aromatic rings. The number of nitrogens with zero attached hydrogens (tertiary/aromatic N) is 4. The van der Waals surface area contributed by atoms with E-state index in [0.29, 0.717) is 6.04 Å². The molecule has 3 aliphatic heterocycles. The van der Waals surface area contributed by atoms with Crippen molar-refractivity contribution in [1.29, 1.82) is 5.26 Å². The van der Waals surface area contributed by atoms with Gasteiger partial charge in [0.15, 0.2) is 0 Å². The van der Waals surface area contributed by atoms with Gasteiger partial charge in [-0.2, -0.15) is 18.4 Å². The second kappa shape index (κ2) is 10.1. The normalized spacial score (nSPS) is 24.0. The Bertz CT molecular complexity index is 809. The summed E-state index contributed by atoms with van der Waals surface area (Å²) in [4.78, 5) is 16.4. The van der Waals surface area contributed by atoms with Crippen LogP contribution < -0.4 is 4.90 Å². The summed E-state index contributed by atoms with van der Waals surface area (Å²) in [7, 11) is 2.21. The summed E-state index contributed by atoms with van der Waals surface area (Å²) in [5, 5.41) is 16.1. The number of hydrogen-bond acceptors (Lipinski definition) is 6. The van der Waals surface area contributed by atoms with E-state index in [1.165, 1.54) is 38.3 Å². The average molecular weight is 454 g/mol. The van der Waals surface area contributed by atoms with Crippen LogP contribution in [0.5, 0.6) is 0 Å². The van der Waals surface area contributed by atoms with Crippen molar-refractivity contribution in [3.63, 3.8) is 0 Å². The number of aliphatic carboxylic acids is 1. The first-order chi connectivity index (χ1) is 15.1. The van der Waals surface area contributed by atoms with E-state index in [4.69, 9.17) is 19.9 Å². The van der Waals surface area contributed by atoms with E-state index in [1.807, 2.05) is 12.1 Å². The lowest BCUT2D eigenvalue weighted by Gasteiger charge is -2.40. The number of piperidine rings is 1. The maximum Gasteiger partial charge on any atom is 0.490 e. The molecule has 0 radical (unpaired) electrons. The Morgan fingerprint density at radius 3 is 2.19 bits per heavy atom. The molecule has 10 heteroatoms. The minimum absolute atomic E-state index is 0.0944. The number of ether oxygens (including phenoxy) is 1. The van der Waals surface area contributed by atoms with Crippen LogP contribution >= 0.6 is 0 Å². The Balaban J connectivity index is 0.000000360. The quantitative estimate of drug-likeness (QED) is 0.736. The van der Waals surface area contributed by atoms with Gasteiger partial charge in [-0.05, 0) is 50.6 Å². The lowest BCUT2D eigenvalue weighted by molar-refractivity contribution is -0.192. The van der Waals surface area contributed by atoms with Crippen LogP contribution in [-0.4, -0.2) is 91.6 Å². The molecule has 0 aromatic heterocycles. The molecule has 0 amide bonds. The van der Waals surface area contributed by atoms with E-state index in [1.54, 1.807) is 0 Å². The fourth-order valence-corrected chi connectivity index (χ4v) is 4.51. The first-order valence-corrected chi connectivity index (χ1v) is 10.7. The number of hydrogen-bond donors (Lipinski definition) is 1. The van der Waals surface area contributed by atoms with Crippen LogP contribution in [0.25, 0.3) is 0 Å². The van der Waals surface area contributed by atoms with Gasteiger partial charge >= 0.3 is 12.1 Å². The highest BCUT2D eigenvalue weighted by molar-refractivity contribution is 5.73. The molecular weight excluding hydrogens is 425 g/mol. The summed E-state index contributed by atoms with van der Waals surface area (Å²) in [5.41, 5.74) is 2.05. The van der Waals surface area contributed by atoms with Gasteiger partial charge in [0.2, 0.25) is 0 Å². The van der Waals surface area contributed by atoms with Gasteiger partial charge in [0.1, 0.15) is 0 Å². The van der Waals surface area contributed by atoms with Crippen LogP contribution in [0.15, 0.2) is 24.3 Å². The molecule has 3 fully saturated rings. The molecule has 3 saturated heterocycles. The van der Waals surface area contributed by atoms with Gasteiger partial charge in [-0.15, -0.1) is 0 Å². The third kappa shape index (κ3) is 6.12. The van der Waals surface area contributed by atoms with Gasteiger partial charge in [-0.3, -0.25) is 4.90 Å². The van der Waals surface area contributed by atoms with Gasteiger partial charge in [0.25, 0.3) is 0 Å². The SMILES string of the molecule is CN1CCN(C2COC3(CCN(c4ccc(C#N)cc4)CC3)C2)CC1.O=C(O)C(F)(F)F. The fraction of sp³-hybridized carbons (Fsp3) is 0.636. The summed E-state index contributed by atoms with van der Waals surface area (Å²) >= 11 is 0. The lowest BCUT2D eigenvalue weighted by Crippen LogP contribution is -2.50.